The second-order valence-corrected chi connectivity index (χ2v) is 24.6. The van der Waals surface area contributed by atoms with Crippen molar-refractivity contribution in [2.75, 3.05) is 128 Å². The number of pyridine rings is 4. The fraction of sp³-hybridized carbons (Fsp3) is 0.548. The van der Waals surface area contributed by atoms with Gasteiger partial charge in [0.1, 0.15) is 36.9 Å². The van der Waals surface area contributed by atoms with Gasteiger partial charge in [-0.15, -0.1) is 0 Å². The lowest BCUT2D eigenvalue weighted by atomic mass is 9.91. The predicted octanol–water partition coefficient (Wildman–Crippen LogP) is 4.58. The Hall–Kier alpha value is -5.96. The molecule has 0 bridgehead atoms. The number of nitrogens with one attached hydrogen (secondary N) is 2. The Labute approximate surface area is 472 Å². The summed E-state index contributed by atoms with van der Waals surface area (Å²) in [7, 11) is 0. The quantitative estimate of drug-likeness (QED) is 0.125. The van der Waals surface area contributed by atoms with Gasteiger partial charge in [0.05, 0.1) is 49.1 Å². The Bertz CT molecular complexity index is 2730. The van der Waals surface area contributed by atoms with Crippen molar-refractivity contribution in [3.8, 4) is 11.5 Å². The predicted molar refractivity (Wildman–Crippen MR) is 309 cm³/mol. The Kier molecular flexibility index (Phi) is 17.2. The van der Waals surface area contributed by atoms with Crippen molar-refractivity contribution in [1.29, 1.82) is 0 Å². The third-order valence-electron chi connectivity index (χ3n) is 16.9. The number of fused-ring (bicyclic) bond motifs is 2. The van der Waals surface area contributed by atoms with Crippen LogP contribution in [-0.4, -0.2) is 206 Å². The molecule has 6 aliphatic rings. The largest absolute Gasteiger partial charge is 0.491 e. The van der Waals surface area contributed by atoms with Crippen LogP contribution in [0, 0.1) is 0 Å². The normalized spacial score (nSPS) is 25.3. The monoisotopic (exact) mass is 1090 g/mol. The van der Waals surface area contributed by atoms with E-state index in [4.69, 9.17) is 28.9 Å². The minimum Gasteiger partial charge on any atom is -0.491 e. The molecular weight excluding hydrogens is 1010 g/mol. The molecule has 80 heavy (non-hydrogen) atoms. The van der Waals surface area contributed by atoms with Crippen molar-refractivity contribution >= 4 is 23.2 Å². The first kappa shape index (κ1) is 55.9. The van der Waals surface area contributed by atoms with Gasteiger partial charge in [-0.05, 0) is 72.5 Å². The van der Waals surface area contributed by atoms with Crippen LogP contribution in [0.1, 0.15) is 75.2 Å². The Morgan fingerprint density at radius 3 is 1.50 bits per heavy atom. The van der Waals surface area contributed by atoms with Crippen molar-refractivity contribution in [3.05, 3.63) is 131 Å². The van der Waals surface area contributed by atoms with Gasteiger partial charge in [0.15, 0.2) is 0 Å². The Balaban J connectivity index is 0.644. The fourth-order valence-electron chi connectivity index (χ4n) is 12.7. The SMILES string of the molecule is C[C@@H]1CN(CC(=O)N2CC(C)(C)c3ncc(Cc4cccnc4)cc32)[C@@H](CN2CCO[C@H](COc3cccc(OC[C@@H]4CN(C[C@H]5CN[C@H](C)CN5CC(=O)N5CC(C)(C)c6ncc(Cc7cccnc7)cc65)CCO4)c3)C2)CN1. The average Bonchev–Trinajstić information content (AvgIpc) is 4.00. The second-order valence-electron chi connectivity index (χ2n) is 24.6. The molecule has 0 spiro atoms. The maximum atomic E-state index is 14.4. The van der Waals surface area contributed by atoms with Crippen molar-refractivity contribution in [1.82, 2.24) is 50.2 Å². The number of rotatable bonds is 18. The lowest BCUT2D eigenvalue weighted by Gasteiger charge is -2.43. The lowest BCUT2D eigenvalue weighted by Crippen LogP contribution is -2.61. The molecule has 0 saturated carbocycles. The summed E-state index contributed by atoms with van der Waals surface area (Å²) < 4.78 is 25.3. The van der Waals surface area contributed by atoms with Crippen molar-refractivity contribution in [2.24, 2.45) is 0 Å². The van der Waals surface area contributed by atoms with E-state index in [9.17, 15) is 9.59 Å². The van der Waals surface area contributed by atoms with Crippen LogP contribution < -0.4 is 29.9 Å². The number of hydrogen-bond acceptors (Lipinski definition) is 16. The van der Waals surface area contributed by atoms with E-state index < -0.39 is 0 Å². The van der Waals surface area contributed by atoms with Crippen molar-refractivity contribution in [3.63, 3.8) is 0 Å². The van der Waals surface area contributed by atoms with Gasteiger partial charge in [-0.1, -0.05) is 45.9 Å². The molecule has 0 radical (unpaired) electrons. The number of nitrogens with zero attached hydrogens (tertiary/aromatic N) is 10. The zero-order chi connectivity index (χ0) is 55.4. The molecule has 2 N–H and O–H groups in total. The standard InChI is InChI=1S/C62H82N12O6/c1-43-31-71(37-57(75)73-41-61(3,4)59-55(73)22-47(27-67-59)20-45-10-8-14-63-25-45)49(29-65-43)33-69-16-18-77-53(35-69)39-79-51-12-7-13-52(24-51)80-40-54-36-70(17-19-78-54)34-50-30-66-44(2)32-72(50)38-58(76)74-42-62(5,6)60-56(74)23-48(28-68-60)21-46-11-9-15-64-26-46/h7-15,22-28,43-44,49-50,53-54,65-66H,16-21,29-42H2,1-6H3/t43-,44-,49-,50-,53+,54+/m1/s1. The maximum absolute atomic E-state index is 14.4. The zero-order valence-corrected chi connectivity index (χ0v) is 47.8. The molecule has 2 amide bonds. The number of carbonyl (C=O) groups is 2. The number of anilines is 2. The van der Waals surface area contributed by atoms with E-state index in [1.807, 2.05) is 71.0 Å². The summed E-state index contributed by atoms with van der Waals surface area (Å²) in [5, 5.41) is 7.38. The number of morpholine rings is 2. The van der Waals surface area contributed by atoms with Crippen LogP contribution in [-0.2, 0) is 42.7 Å². The highest BCUT2D eigenvalue weighted by molar-refractivity contribution is 5.98. The van der Waals surface area contributed by atoms with E-state index in [-0.39, 0.29) is 59.0 Å². The Morgan fingerprint density at radius 1 is 0.600 bits per heavy atom. The van der Waals surface area contributed by atoms with Gasteiger partial charge >= 0.3 is 0 Å². The first-order valence-electron chi connectivity index (χ1n) is 29.0. The lowest BCUT2D eigenvalue weighted by molar-refractivity contribution is -0.121. The molecule has 18 heteroatoms. The minimum atomic E-state index is -0.240. The molecule has 4 aromatic heterocycles. The van der Waals surface area contributed by atoms with Gasteiger partial charge in [0.2, 0.25) is 11.8 Å². The van der Waals surface area contributed by atoms with E-state index in [0.29, 0.717) is 65.4 Å². The summed E-state index contributed by atoms with van der Waals surface area (Å²) in [5.74, 6) is 1.69. The molecule has 5 aromatic rings. The van der Waals surface area contributed by atoms with E-state index in [0.717, 1.165) is 122 Å². The van der Waals surface area contributed by atoms with Crippen LogP contribution in [0.15, 0.2) is 97.8 Å². The highest BCUT2D eigenvalue weighted by Crippen LogP contribution is 2.41. The van der Waals surface area contributed by atoms with Gasteiger partial charge < -0.3 is 39.4 Å². The summed E-state index contributed by atoms with van der Waals surface area (Å²) >= 11 is 0. The van der Waals surface area contributed by atoms with Crippen molar-refractivity contribution < 1.29 is 28.5 Å². The number of aromatic nitrogens is 4. The topological polar surface area (TPSA) is 166 Å². The number of hydrogen-bond donors (Lipinski definition) is 2. The van der Waals surface area contributed by atoms with Gasteiger partial charge in [-0.2, -0.15) is 0 Å². The molecule has 426 valence electrons. The van der Waals surface area contributed by atoms with E-state index >= 15 is 0 Å². The van der Waals surface area contributed by atoms with Crippen LogP contribution in [0.4, 0.5) is 11.4 Å². The fourth-order valence-corrected chi connectivity index (χ4v) is 12.7. The van der Waals surface area contributed by atoms with Gasteiger partial charge in [-0.3, -0.25) is 49.1 Å². The third kappa shape index (κ3) is 13.5. The summed E-state index contributed by atoms with van der Waals surface area (Å²) in [6, 6.07) is 21.1. The molecule has 6 atom stereocenters. The van der Waals surface area contributed by atoms with Gasteiger partial charge in [0, 0.05) is 170 Å². The summed E-state index contributed by atoms with van der Waals surface area (Å²) in [6.45, 7) is 25.1. The van der Waals surface area contributed by atoms with Gasteiger partial charge in [-0.25, -0.2) is 0 Å². The van der Waals surface area contributed by atoms with Gasteiger partial charge in [0.25, 0.3) is 0 Å². The van der Waals surface area contributed by atoms with E-state index in [2.05, 4.69) is 106 Å². The molecule has 18 nitrogen and oxygen atoms in total. The summed E-state index contributed by atoms with van der Waals surface area (Å²) in [4.78, 5) is 60.8. The maximum Gasteiger partial charge on any atom is 0.241 e. The van der Waals surface area contributed by atoms with Crippen LogP contribution in [0.2, 0.25) is 0 Å². The van der Waals surface area contributed by atoms with Crippen LogP contribution in [0.3, 0.4) is 0 Å². The number of piperazine rings is 2. The number of benzene rings is 1. The molecule has 6 aliphatic heterocycles. The number of ether oxygens (including phenoxy) is 4. The summed E-state index contributed by atoms with van der Waals surface area (Å²) in [6.07, 6.45) is 12.5. The van der Waals surface area contributed by atoms with Crippen LogP contribution in [0.5, 0.6) is 11.5 Å². The first-order valence-corrected chi connectivity index (χ1v) is 29.0. The minimum absolute atomic E-state index is 0.105. The first-order chi connectivity index (χ1) is 38.7. The highest BCUT2D eigenvalue weighted by atomic mass is 16.5. The zero-order valence-electron chi connectivity index (χ0n) is 47.8. The summed E-state index contributed by atoms with van der Waals surface area (Å²) in [5.41, 5.74) is 7.71. The number of amides is 2. The van der Waals surface area contributed by atoms with Crippen molar-refractivity contribution in [2.45, 2.75) is 102 Å². The molecular formula is C62H82N12O6. The average molecular weight is 1090 g/mol. The van der Waals surface area contributed by atoms with E-state index in [1.165, 1.54) is 0 Å². The molecule has 0 unspecified atom stereocenters. The molecule has 4 fully saturated rings. The molecule has 0 aliphatic carbocycles. The molecule has 11 rings (SSSR count). The van der Waals surface area contributed by atoms with Crippen LogP contribution in [0.25, 0.3) is 0 Å². The molecule has 1 aromatic carbocycles. The van der Waals surface area contributed by atoms with E-state index in [1.54, 1.807) is 12.4 Å². The molecule has 10 heterocycles. The van der Waals surface area contributed by atoms with Crippen LogP contribution >= 0.6 is 0 Å². The third-order valence-corrected chi connectivity index (χ3v) is 16.9. The molecule has 4 saturated heterocycles. The number of carbonyl (C=O) groups excluding carboxylic acids is 2. The highest BCUT2D eigenvalue weighted by Gasteiger charge is 2.43. The Morgan fingerprint density at radius 2 is 1.06 bits per heavy atom. The smallest absolute Gasteiger partial charge is 0.241 e. The second kappa shape index (κ2) is 24.6.